The van der Waals surface area contributed by atoms with Crippen LogP contribution in [0.4, 0.5) is 5.69 Å². The van der Waals surface area contributed by atoms with Crippen LogP contribution in [0, 0.1) is 6.92 Å². The predicted molar refractivity (Wildman–Crippen MR) is 99.0 cm³/mol. The van der Waals surface area contributed by atoms with Gasteiger partial charge < -0.3 is 20.1 Å². The van der Waals surface area contributed by atoms with Crippen LogP contribution < -0.4 is 15.4 Å². The smallest absolute Gasteiger partial charge is 0.325 e. The molecule has 0 saturated heterocycles. The molecule has 1 heterocycles. The van der Waals surface area contributed by atoms with E-state index >= 15 is 0 Å². The van der Waals surface area contributed by atoms with Crippen LogP contribution in [-0.2, 0) is 14.3 Å². The molecule has 0 fully saturated rings. The van der Waals surface area contributed by atoms with E-state index in [2.05, 4.69) is 10.6 Å². The first kappa shape index (κ1) is 19.7. The maximum atomic E-state index is 11.9. The van der Waals surface area contributed by atoms with Crippen molar-refractivity contribution in [2.24, 2.45) is 0 Å². The quantitative estimate of drug-likeness (QED) is 0.702. The number of hydrogen-bond acceptors (Lipinski definition) is 6. The number of esters is 1. The van der Waals surface area contributed by atoms with Gasteiger partial charge in [-0.05, 0) is 37.3 Å². The van der Waals surface area contributed by atoms with Gasteiger partial charge in [0.2, 0.25) is 0 Å². The van der Waals surface area contributed by atoms with Crippen LogP contribution in [0.5, 0.6) is 5.75 Å². The molecule has 0 radical (unpaired) electrons. The molecule has 0 aliphatic heterocycles. The van der Waals surface area contributed by atoms with Gasteiger partial charge in [-0.1, -0.05) is 11.6 Å². The summed E-state index contributed by atoms with van der Waals surface area (Å²) in [6.45, 7) is 1.05. The van der Waals surface area contributed by atoms with E-state index in [1.807, 2.05) is 13.0 Å². The molecule has 2 N–H and O–H groups in total. The summed E-state index contributed by atoms with van der Waals surface area (Å²) in [6.07, 6.45) is 0. The lowest BCUT2D eigenvalue weighted by atomic mass is 10.3. The van der Waals surface area contributed by atoms with Crippen LogP contribution in [0.1, 0.15) is 14.5 Å². The Morgan fingerprint density at radius 3 is 2.62 bits per heavy atom. The third kappa shape index (κ3) is 5.75. The molecule has 0 aliphatic carbocycles. The monoisotopic (exact) mass is 396 g/mol. The number of aryl methyl sites for hydroxylation is 1. The van der Waals surface area contributed by atoms with E-state index in [-0.39, 0.29) is 12.5 Å². The van der Waals surface area contributed by atoms with E-state index in [4.69, 9.17) is 21.1 Å². The number of carbonyl (C=O) groups is 3. The Morgan fingerprint density at radius 1 is 1.19 bits per heavy atom. The fraction of sp³-hybridized carbons (Fsp3) is 0.235. The van der Waals surface area contributed by atoms with Crippen LogP contribution in [0.3, 0.4) is 0 Å². The topological polar surface area (TPSA) is 93.7 Å². The highest BCUT2D eigenvalue weighted by atomic mass is 35.5. The van der Waals surface area contributed by atoms with Gasteiger partial charge in [0.25, 0.3) is 11.8 Å². The zero-order valence-electron chi connectivity index (χ0n) is 14.1. The summed E-state index contributed by atoms with van der Waals surface area (Å²) < 4.78 is 9.94. The second-order valence-corrected chi connectivity index (χ2v) is 6.87. The molecule has 0 aliphatic rings. The Bertz CT molecular complexity index is 821. The number of halogens is 1. The van der Waals surface area contributed by atoms with Crippen LogP contribution in [-0.4, -0.2) is 38.0 Å². The van der Waals surface area contributed by atoms with Crippen LogP contribution in [0.15, 0.2) is 30.3 Å². The van der Waals surface area contributed by atoms with E-state index in [1.54, 1.807) is 18.2 Å². The number of thiophene rings is 1. The number of hydrogen-bond donors (Lipinski definition) is 2. The van der Waals surface area contributed by atoms with Gasteiger partial charge in [0.05, 0.1) is 17.7 Å². The third-order valence-corrected chi connectivity index (χ3v) is 4.39. The van der Waals surface area contributed by atoms with Crippen molar-refractivity contribution in [3.8, 4) is 5.75 Å². The molecule has 0 atom stereocenters. The molecule has 0 saturated carbocycles. The normalized spacial score (nSPS) is 10.1. The van der Waals surface area contributed by atoms with Crippen molar-refractivity contribution >= 4 is 46.4 Å². The van der Waals surface area contributed by atoms with Gasteiger partial charge in [0, 0.05) is 9.90 Å². The molecule has 1 aromatic heterocycles. The average Bonchev–Trinajstić information content (AvgIpc) is 3.04. The highest BCUT2D eigenvalue weighted by molar-refractivity contribution is 7.13. The van der Waals surface area contributed by atoms with E-state index in [9.17, 15) is 14.4 Å². The Kier molecular flexibility index (Phi) is 6.99. The summed E-state index contributed by atoms with van der Waals surface area (Å²) in [5, 5.41) is 5.40. The molecule has 138 valence electrons. The lowest BCUT2D eigenvalue weighted by Gasteiger charge is -2.11. The summed E-state index contributed by atoms with van der Waals surface area (Å²) in [7, 11) is 1.46. The maximum absolute atomic E-state index is 11.9. The number of nitrogens with one attached hydrogen (secondary N) is 2. The first-order valence-electron chi connectivity index (χ1n) is 7.52. The summed E-state index contributed by atoms with van der Waals surface area (Å²) in [5.74, 6) is -1.22. The SMILES string of the molecule is COc1ccc(Cl)cc1NC(=O)COC(=O)CNC(=O)c1ccc(C)s1. The summed E-state index contributed by atoms with van der Waals surface area (Å²) in [6, 6.07) is 8.22. The van der Waals surface area contributed by atoms with Crippen molar-refractivity contribution < 1.29 is 23.9 Å². The van der Waals surface area contributed by atoms with Crippen LogP contribution >= 0.6 is 22.9 Å². The lowest BCUT2D eigenvalue weighted by molar-refractivity contribution is -0.146. The van der Waals surface area contributed by atoms with Gasteiger partial charge in [-0.15, -0.1) is 11.3 Å². The molecule has 2 aromatic rings. The molecule has 2 amide bonds. The van der Waals surface area contributed by atoms with E-state index in [1.165, 1.54) is 24.5 Å². The van der Waals surface area contributed by atoms with Crippen LogP contribution in [0.25, 0.3) is 0 Å². The number of anilines is 1. The van der Waals surface area contributed by atoms with Gasteiger partial charge in [0.15, 0.2) is 6.61 Å². The molecule has 1 aromatic carbocycles. The fourth-order valence-electron chi connectivity index (χ4n) is 1.96. The molecule has 0 bridgehead atoms. The number of ether oxygens (including phenoxy) is 2. The molecule has 7 nitrogen and oxygen atoms in total. The minimum Gasteiger partial charge on any atom is -0.495 e. The molecular weight excluding hydrogens is 380 g/mol. The summed E-state index contributed by atoms with van der Waals surface area (Å²) >= 11 is 7.20. The van der Waals surface area contributed by atoms with E-state index in [0.29, 0.717) is 21.3 Å². The average molecular weight is 397 g/mol. The van der Waals surface area contributed by atoms with Crippen LogP contribution in [0.2, 0.25) is 5.02 Å². The third-order valence-electron chi connectivity index (χ3n) is 3.16. The van der Waals surface area contributed by atoms with Crippen molar-refractivity contribution in [2.75, 3.05) is 25.6 Å². The number of benzene rings is 1. The zero-order valence-corrected chi connectivity index (χ0v) is 15.7. The minimum absolute atomic E-state index is 0.330. The van der Waals surface area contributed by atoms with Crippen molar-refractivity contribution in [2.45, 2.75) is 6.92 Å². The van der Waals surface area contributed by atoms with Gasteiger partial charge in [-0.25, -0.2) is 0 Å². The molecule has 9 heteroatoms. The molecule has 26 heavy (non-hydrogen) atoms. The second-order valence-electron chi connectivity index (χ2n) is 5.15. The molecule has 0 spiro atoms. The Morgan fingerprint density at radius 2 is 1.96 bits per heavy atom. The largest absolute Gasteiger partial charge is 0.495 e. The van der Waals surface area contributed by atoms with Gasteiger partial charge in [-0.3, -0.25) is 14.4 Å². The maximum Gasteiger partial charge on any atom is 0.325 e. The minimum atomic E-state index is -0.722. The lowest BCUT2D eigenvalue weighted by Crippen LogP contribution is -2.31. The molecule has 2 rings (SSSR count). The predicted octanol–water partition coefficient (Wildman–Crippen LogP) is 2.63. The van der Waals surface area contributed by atoms with Crippen molar-refractivity contribution in [3.63, 3.8) is 0 Å². The van der Waals surface area contributed by atoms with Crippen molar-refractivity contribution in [1.29, 1.82) is 0 Å². The van der Waals surface area contributed by atoms with Gasteiger partial charge in [-0.2, -0.15) is 0 Å². The Labute approximate surface area is 159 Å². The highest BCUT2D eigenvalue weighted by Crippen LogP contribution is 2.27. The number of carbonyl (C=O) groups excluding carboxylic acids is 3. The summed E-state index contributed by atoms with van der Waals surface area (Å²) in [4.78, 5) is 36.9. The van der Waals surface area contributed by atoms with Crippen molar-refractivity contribution in [3.05, 3.63) is 45.1 Å². The van der Waals surface area contributed by atoms with E-state index < -0.39 is 18.5 Å². The number of rotatable bonds is 7. The highest BCUT2D eigenvalue weighted by Gasteiger charge is 2.13. The fourth-order valence-corrected chi connectivity index (χ4v) is 2.91. The van der Waals surface area contributed by atoms with Gasteiger partial charge in [0.1, 0.15) is 12.3 Å². The standard InChI is InChI=1S/C17H17ClN2O5S/c1-10-3-6-14(26-10)17(23)19-8-16(22)25-9-15(21)20-12-7-11(18)4-5-13(12)24-2/h3-7H,8-9H2,1-2H3,(H,19,23)(H,20,21). The Balaban J connectivity index is 1.77. The Hall–Kier alpha value is -2.58. The number of amides is 2. The first-order valence-corrected chi connectivity index (χ1v) is 8.72. The van der Waals surface area contributed by atoms with Gasteiger partial charge >= 0.3 is 5.97 Å². The molecular formula is C17H17ClN2O5S. The van der Waals surface area contributed by atoms with Crippen molar-refractivity contribution in [1.82, 2.24) is 5.32 Å². The van der Waals surface area contributed by atoms with E-state index in [0.717, 1.165) is 4.88 Å². The number of methoxy groups -OCH3 is 1. The summed E-state index contributed by atoms with van der Waals surface area (Å²) in [5.41, 5.74) is 0.363. The first-order chi connectivity index (χ1) is 12.4. The second kappa shape index (κ2) is 9.21. The zero-order chi connectivity index (χ0) is 19.1. The molecule has 0 unspecified atom stereocenters.